The normalized spacial score (nSPS) is 17.9. The van der Waals surface area contributed by atoms with Crippen molar-refractivity contribution in [2.24, 2.45) is 11.1 Å². The van der Waals surface area contributed by atoms with E-state index >= 15 is 0 Å². The average Bonchev–Trinajstić information content (AvgIpc) is 2.42. The molecule has 0 spiro atoms. The molecule has 118 valence electrons. The molecule has 0 saturated heterocycles. The highest BCUT2D eigenvalue weighted by molar-refractivity contribution is 7.88. The number of hydrogen-bond acceptors (Lipinski definition) is 6. The van der Waals surface area contributed by atoms with Crippen LogP contribution in [0.5, 0.6) is 0 Å². The topological polar surface area (TPSA) is 95.7 Å². The molecule has 0 amide bonds. The van der Waals surface area contributed by atoms with Crippen LogP contribution in [0.4, 0.5) is 0 Å². The van der Waals surface area contributed by atoms with Gasteiger partial charge in [-0.3, -0.25) is 4.18 Å². The minimum atomic E-state index is -3.99. The van der Waals surface area contributed by atoms with E-state index in [0.29, 0.717) is 6.42 Å². The minimum absolute atomic E-state index is 0.00746. The van der Waals surface area contributed by atoms with Crippen LogP contribution in [0.2, 0.25) is 0 Å². The lowest BCUT2D eigenvalue weighted by Crippen LogP contribution is -2.61. The largest absolute Gasteiger partial charge is 0.462 e. The zero-order valence-corrected chi connectivity index (χ0v) is 13.5. The number of rotatable bonds is 9. The predicted molar refractivity (Wildman–Crippen MR) is 77.3 cm³/mol. The van der Waals surface area contributed by atoms with Crippen LogP contribution in [-0.4, -0.2) is 32.5 Å². The second-order valence-electron chi connectivity index (χ2n) is 4.83. The van der Waals surface area contributed by atoms with E-state index in [0.717, 1.165) is 6.08 Å². The van der Waals surface area contributed by atoms with Gasteiger partial charge in [-0.15, -0.1) is 0 Å². The molecule has 0 bridgehead atoms. The lowest BCUT2D eigenvalue weighted by molar-refractivity contribution is -0.142. The van der Waals surface area contributed by atoms with Crippen molar-refractivity contribution in [1.82, 2.24) is 0 Å². The van der Waals surface area contributed by atoms with Crippen molar-refractivity contribution in [1.29, 1.82) is 0 Å². The second kappa shape index (κ2) is 7.19. The highest BCUT2D eigenvalue weighted by atomic mass is 32.2. The Morgan fingerprint density at radius 3 is 2.20 bits per heavy atom. The molecule has 0 radical (unpaired) electrons. The van der Waals surface area contributed by atoms with Gasteiger partial charge >= 0.3 is 5.97 Å². The van der Waals surface area contributed by atoms with Gasteiger partial charge in [0.1, 0.15) is 0 Å². The number of nitrogens with two attached hydrogens (primary N) is 1. The number of hydrogen-bond donors (Lipinski definition) is 1. The summed E-state index contributed by atoms with van der Waals surface area (Å²) < 4.78 is 34.5. The molecule has 0 heterocycles. The molecular formula is C13H25NO5S. The highest BCUT2D eigenvalue weighted by Gasteiger charge is 2.54. The molecule has 2 atom stereocenters. The number of esters is 1. The van der Waals surface area contributed by atoms with Gasteiger partial charge in [-0.1, -0.05) is 27.4 Å². The summed E-state index contributed by atoms with van der Waals surface area (Å²) in [6.07, 6.45) is 1.58. The van der Waals surface area contributed by atoms with Crippen molar-refractivity contribution in [2.45, 2.75) is 45.4 Å². The zero-order chi connectivity index (χ0) is 16.0. The van der Waals surface area contributed by atoms with Gasteiger partial charge in [0.2, 0.25) is 0 Å². The molecule has 0 aromatic rings. The quantitative estimate of drug-likeness (QED) is 0.394. The van der Waals surface area contributed by atoms with Crippen molar-refractivity contribution in [3.8, 4) is 0 Å². The van der Waals surface area contributed by atoms with Crippen molar-refractivity contribution in [2.75, 3.05) is 13.2 Å². The number of carbonyl (C=O) groups excluding carboxylic acids is 1. The monoisotopic (exact) mass is 307 g/mol. The van der Waals surface area contributed by atoms with E-state index < -0.39 is 26.4 Å². The lowest BCUT2D eigenvalue weighted by Gasteiger charge is -2.43. The van der Waals surface area contributed by atoms with E-state index in [1.165, 1.54) is 0 Å². The smallest absolute Gasteiger partial charge is 0.330 e. The van der Waals surface area contributed by atoms with Crippen molar-refractivity contribution in [3.05, 3.63) is 12.7 Å². The van der Waals surface area contributed by atoms with Gasteiger partial charge in [0, 0.05) is 11.5 Å². The first-order chi connectivity index (χ1) is 9.14. The molecule has 0 aromatic carbocycles. The van der Waals surface area contributed by atoms with Crippen LogP contribution < -0.4 is 5.73 Å². The molecular weight excluding hydrogens is 282 g/mol. The van der Waals surface area contributed by atoms with Crippen LogP contribution >= 0.6 is 0 Å². The maximum atomic E-state index is 12.3. The molecule has 0 rings (SSSR count). The van der Waals surface area contributed by atoms with E-state index in [4.69, 9.17) is 14.7 Å². The molecule has 0 fully saturated rings. The Labute approximate surface area is 121 Å². The van der Waals surface area contributed by atoms with Crippen LogP contribution in [0.1, 0.15) is 40.5 Å². The summed E-state index contributed by atoms with van der Waals surface area (Å²) in [7, 11) is -3.99. The van der Waals surface area contributed by atoms with Crippen LogP contribution in [0.25, 0.3) is 0 Å². The molecule has 2 N–H and O–H groups in total. The second-order valence-corrected chi connectivity index (χ2v) is 6.70. The summed E-state index contributed by atoms with van der Waals surface area (Å²) in [5.74, 6) is -0.614. The first-order valence-electron chi connectivity index (χ1n) is 6.61. The minimum Gasteiger partial charge on any atom is -0.462 e. The Bertz CT molecular complexity index is 448. The molecule has 7 heteroatoms. The first kappa shape index (κ1) is 19.1. The number of carbonyl (C=O) groups is 1. The van der Waals surface area contributed by atoms with Crippen molar-refractivity contribution < 1.29 is 22.1 Å². The number of ether oxygens (including phenoxy) is 1. The summed E-state index contributed by atoms with van der Waals surface area (Å²) >= 11 is 0. The summed E-state index contributed by atoms with van der Waals surface area (Å²) in [6.45, 7) is 9.89. The average molecular weight is 307 g/mol. The third-order valence-electron chi connectivity index (χ3n) is 3.75. The Morgan fingerprint density at radius 1 is 1.30 bits per heavy atom. The van der Waals surface area contributed by atoms with E-state index in [-0.39, 0.29) is 19.6 Å². The highest BCUT2D eigenvalue weighted by Crippen LogP contribution is 2.40. The van der Waals surface area contributed by atoms with E-state index in [1.54, 1.807) is 27.7 Å². The molecule has 0 aromatic heterocycles. The van der Waals surface area contributed by atoms with Crippen molar-refractivity contribution >= 4 is 16.1 Å². The SMILES string of the molecule is C=CC(=O)OCC(C)(CC)C(N)(CC)S(=O)(=O)OCC. The molecule has 2 unspecified atom stereocenters. The maximum absolute atomic E-state index is 12.3. The predicted octanol–water partition coefficient (Wildman–Crippen LogP) is 1.56. The van der Waals surface area contributed by atoms with Gasteiger partial charge < -0.3 is 10.5 Å². The summed E-state index contributed by atoms with van der Waals surface area (Å²) in [5, 5.41) is 0. The standard InChI is InChI=1S/C13H25NO5S/c1-6-11(15)18-10-12(5,7-2)13(14,8-3)20(16,17)19-9-4/h6H,1,7-10,14H2,2-5H3. The van der Waals surface area contributed by atoms with E-state index in [9.17, 15) is 13.2 Å². The van der Waals surface area contributed by atoms with Gasteiger partial charge in [-0.05, 0) is 19.8 Å². The summed E-state index contributed by atoms with van der Waals surface area (Å²) in [5.41, 5.74) is 5.18. The van der Waals surface area contributed by atoms with Crippen LogP contribution in [0, 0.1) is 5.41 Å². The molecule has 0 aliphatic carbocycles. The first-order valence-corrected chi connectivity index (χ1v) is 8.02. The van der Waals surface area contributed by atoms with Gasteiger partial charge in [0.05, 0.1) is 13.2 Å². The molecule has 0 aliphatic rings. The van der Waals surface area contributed by atoms with Crippen LogP contribution in [0.15, 0.2) is 12.7 Å². The Hall–Kier alpha value is -0.920. The molecule has 20 heavy (non-hydrogen) atoms. The Balaban J connectivity index is 5.53. The zero-order valence-electron chi connectivity index (χ0n) is 12.6. The fourth-order valence-corrected chi connectivity index (χ4v) is 3.66. The fraction of sp³-hybridized carbons (Fsp3) is 0.769. The molecule has 0 saturated carbocycles. The van der Waals surface area contributed by atoms with Gasteiger partial charge in [0.15, 0.2) is 4.87 Å². The van der Waals surface area contributed by atoms with Crippen molar-refractivity contribution in [3.63, 3.8) is 0 Å². The lowest BCUT2D eigenvalue weighted by atomic mass is 9.79. The Morgan fingerprint density at radius 2 is 1.85 bits per heavy atom. The maximum Gasteiger partial charge on any atom is 0.330 e. The van der Waals surface area contributed by atoms with Crippen LogP contribution in [-0.2, 0) is 23.8 Å². The molecule has 0 aliphatic heterocycles. The molecule has 6 nitrogen and oxygen atoms in total. The third kappa shape index (κ3) is 3.59. The summed E-state index contributed by atoms with van der Waals surface area (Å²) in [4.78, 5) is 9.57. The van der Waals surface area contributed by atoms with E-state index in [2.05, 4.69) is 6.58 Å². The van der Waals surface area contributed by atoms with Gasteiger partial charge in [0.25, 0.3) is 10.1 Å². The summed E-state index contributed by atoms with van der Waals surface area (Å²) in [6, 6.07) is 0. The fourth-order valence-electron chi connectivity index (χ4n) is 1.98. The van der Waals surface area contributed by atoms with Gasteiger partial charge in [-0.2, -0.15) is 8.42 Å². The third-order valence-corrected chi connectivity index (χ3v) is 5.97. The van der Waals surface area contributed by atoms with Gasteiger partial charge in [-0.25, -0.2) is 4.79 Å². The van der Waals surface area contributed by atoms with Crippen LogP contribution in [0.3, 0.4) is 0 Å². The Kier molecular flexibility index (Phi) is 6.86. The van der Waals surface area contributed by atoms with E-state index in [1.807, 2.05) is 0 Å².